The predicted octanol–water partition coefficient (Wildman–Crippen LogP) is 0.449. The molecule has 2 aromatic rings. The van der Waals surface area contributed by atoms with Crippen LogP contribution in [0.5, 0.6) is 0 Å². The molecular weight excluding hydrogens is 275 g/mol. The molecule has 1 aromatic heterocycles. The van der Waals surface area contributed by atoms with Crippen LogP contribution in [0, 0.1) is 5.82 Å². The van der Waals surface area contributed by atoms with E-state index in [9.17, 15) is 17.6 Å². The fraction of sp³-hybridized carbons (Fsp3) is 0. The minimum atomic E-state index is -3.98. The van der Waals surface area contributed by atoms with Crippen molar-refractivity contribution in [3.8, 4) is 0 Å². The van der Waals surface area contributed by atoms with Gasteiger partial charge in [-0.05, 0) is 24.3 Å². The maximum atomic E-state index is 13.6. The summed E-state index contributed by atoms with van der Waals surface area (Å²) in [5.74, 6) is -1.50. The molecule has 0 spiro atoms. The Bertz CT molecular complexity index is 712. The third-order valence-electron chi connectivity index (χ3n) is 2.26. The minimum Gasteiger partial charge on any atom is -0.318 e. The highest BCUT2D eigenvalue weighted by Crippen LogP contribution is 2.18. The van der Waals surface area contributed by atoms with E-state index >= 15 is 0 Å². The van der Waals surface area contributed by atoms with Gasteiger partial charge < -0.3 is 5.32 Å². The Labute approximate surface area is 107 Å². The largest absolute Gasteiger partial charge is 0.318 e. The second kappa shape index (κ2) is 4.78. The number of hydrogen-bond donors (Lipinski definition) is 3. The zero-order valence-electron chi connectivity index (χ0n) is 9.42. The molecule has 19 heavy (non-hydrogen) atoms. The lowest BCUT2D eigenvalue weighted by Crippen LogP contribution is -2.15. The summed E-state index contributed by atoms with van der Waals surface area (Å²) in [6.07, 6.45) is 1.37. The fourth-order valence-electron chi connectivity index (χ4n) is 1.35. The molecule has 0 radical (unpaired) electrons. The number of carbonyl (C=O) groups excluding carboxylic acids is 1. The Kier molecular flexibility index (Phi) is 3.32. The van der Waals surface area contributed by atoms with Crippen LogP contribution < -0.4 is 10.5 Å². The number of hydrogen-bond acceptors (Lipinski definition) is 4. The first kappa shape index (κ1) is 13.2. The van der Waals surface area contributed by atoms with Crippen LogP contribution in [-0.4, -0.2) is 24.5 Å². The van der Waals surface area contributed by atoms with Crippen molar-refractivity contribution in [2.24, 2.45) is 5.14 Å². The van der Waals surface area contributed by atoms with Crippen LogP contribution in [0.4, 0.5) is 10.1 Å². The third-order valence-corrected chi connectivity index (χ3v) is 3.17. The number of carbonyl (C=O) groups is 1. The zero-order chi connectivity index (χ0) is 14.0. The van der Waals surface area contributed by atoms with E-state index in [4.69, 9.17) is 5.14 Å². The Balaban J connectivity index is 2.25. The van der Waals surface area contributed by atoms with E-state index in [1.54, 1.807) is 0 Å². The van der Waals surface area contributed by atoms with Crippen molar-refractivity contribution in [2.45, 2.75) is 4.90 Å². The number of halogens is 1. The van der Waals surface area contributed by atoms with Gasteiger partial charge in [0.05, 0.1) is 10.6 Å². The summed E-state index contributed by atoms with van der Waals surface area (Å²) in [4.78, 5) is 11.2. The molecule has 0 aliphatic heterocycles. The average molecular weight is 284 g/mol. The molecule has 1 aromatic carbocycles. The summed E-state index contributed by atoms with van der Waals surface area (Å²) in [6.45, 7) is 0. The Morgan fingerprint density at radius 2 is 2.11 bits per heavy atom. The van der Waals surface area contributed by atoms with Gasteiger partial charge in [0.25, 0.3) is 5.91 Å². The van der Waals surface area contributed by atoms with Crippen molar-refractivity contribution >= 4 is 21.6 Å². The summed E-state index contributed by atoms with van der Waals surface area (Å²) < 4.78 is 35.7. The second-order valence-corrected chi connectivity index (χ2v) is 5.17. The van der Waals surface area contributed by atoms with Crippen LogP contribution in [0.25, 0.3) is 0 Å². The van der Waals surface area contributed by atoms with E-state index in [0.29, 0.717) is 0 Å². The number of anilines is 1. The molecule has 2 rings (SSSR count). The Morgan fingerprint density at radius 3 is 2.63 bits per heavy atom. The molecule has 1 amide bonds. The molecule has 0 saturated heterocycles. The van der Waals surface area contributed by atoms with E-state index in [0.717, 1.165) is 18.2 Å². The fourth-order valence-corrected chi connectivity index (χ4v) is 1.87. The number of primary sulfonamides is 1. The number of nitrogens with one attached hydrogen (secondary N) is 2. The number of aromatic nitrogens is 2. The highest BCUT2D eigenvalue weighted by molar-refractivity contribution is 7.89. The van der Waals surface area contributed by atoms with Crippen molar-refractivity contribution in [3.63, 3.8) is 0 Å². The Morgan fingerprint density at radius 1 is 1.37 bits per heavy atom. The van der Waals surface area contributed by atoms with Crippen LogP contribution in [0.15, 0.2) is 35.4 Å². The van der Waals surface area contributed by atoms with Crippen molar-refractivity contribution in [1.29, 1.82) is 0 Å². The normalized spacial score (nSPS) is 11.3. The first-order chi connectivity index (χ1) is 8.88. The first-order valence-corrected chi connectivity index (χ1v) is 6.55. The molecule has 9 heteroatoms. The van der Waals surface area contributed by atoms with Gasteiger partial charge in [-0.15, -0.1) is 0 Å². The highest BCUT2D eigenvalue weighted by atomic mass is 32.2. The van der Waals surface area contributed by atoms with Gasteiger partial charge in [-0.2, -0.15) is 5.10 Å². The molecule has 0 aliphatic carbocycles. The number of amides is 1. The van der Waals surface area contributed by atoms with Gasteiger partial charge >= 0.3 is 0 Å². The summed E-state index contributed by atoms with van der Waals surface area (Å²) in [5, 5.41) is 13.1. The van der Waals surface area contributed by atoms with E-state index in [1.165, 1.54) is 12.3 Å². The van der Waals surface area contributed by atoms with Crippen LogP contribution >= 0.6 is 0 Å². The molecule has 0 fully saturated rings. The molecule has 4 N–H and O–H groups in total. The molecule has 0 bridgehead atoms. The molecular formula is C10H9FN4O3S. The average Bonchev–Trinajstić information content (AvgIpc) is 2.84. The van der Waals surface area contributed by atoms with E-state index in [2.05, 4.69) is 15.5 Å². The summed E-state index contributed by atoms with van der Waals surface area (Å²) >= 11 is 0. The van der Waals surface area contributed by atoms with Crippen LogP contribution in [0.1, 0.15) is 10.5 Å². The molecule has 100 valence electrons. The maximum Gasteiger partial charge on any atom is 0.273 e. The lowest BCUT2D eigenvalue weighted by molar-refractivity contribution is 0.102. The van der Waals surface area contributed by atoms with Crippen LogP contribution in [-0.2, 0) is 10.0 Å². The molecule has 1 heterocycles. The highest BCUT2D eigenvalue weighted by Gasteiger charge is 2.14. The molecule has 0 atom stereocenters. The number of sulfonamides is 1. The lowest BCUT2D eigenvalue weighted by atomic mass is 10.3. The van der Waals surface area contributed by atoms with Crippen LogP contribution in [0.3, 0.4) is 0 Å². The standard InChI is InChI=1S/C10H9FN4O3S/c11-7-5-6(19(12,17)18)1-2-8(7)14-10(16)9-3-4-13-15-9/h1-5H,(H,13,15)(H,14,16)(H2,12,17,18). The predicted molar refractivity (Wildman–Crippen MR) is 64.3 cm³/mol. The smallest absolute Gasteiger partial charge is 0.273 e. The lowest BCUT2D eigenvalue weighted by Gasteiger charge is -2.06. The molecule has 7 nitrogen and oxygen atoms in total. The SMILES string of the molecule is NS(=O)(=O)c1ccc(NC(=O)c2ccn[nH]2)c(F)c1. The van der Waals surface area contributed by atoms with Gasteiger partial charge in [0.1, 0.15) is 11.5 Å². The summed E-state index contributed by atoms with van der Waals surface area (Å²) in [6, 6.07) is 4.36. The molecule has 0 aliphatic rings. The van der Waals surface area contributed by atoms with Gasteiger partial charge in [-0.25, -0.2) is 17.9 Å². The number of aromatic amines is 1. The van der Waals surface area contributed by atoms with Crippen molar-refractivity contribution < 1.29 is 17.6 Å². The van der Waals surface area contributed by atoms with Gasteiger partial charge in [0, 0.05) is 6.20 Å². The number of nitrogens with two attached hydrogens (primary N) is 1. The molecule has 0 saturated carbocycles. The minimum absolute atomic E-state index is 0.148. The van der Waals surface area contributed by atoms with E-state index in [1.807, 2.05) is 0 Å². The number of H-pyrrole nitrogens is 1. The van der Waals surface area contributed by atoms with Gasteiger partial charge in [-0.3, -0.25) is 9.89 Å². The quantitative estimate of drug-likeness (QED) is 0.758. The third kappa shape index (κ3) is 2.95. The monoisotopic (exact) mass is 284 g/mol. The Hall–Kier alpha value is -2.26. The van der Waals surface area contributed by atoms with Crippen molar-refractivity contribution in [2.75, 3.05) is 5.32 Å². The maximum absolute atomic E-state index is 13.6. The van der Waals surface area contributed by atoms with Gasteiger partial charge in [-0.1, -0.05) is 0 Å². The zero-order valence-corrected chi connectivity index (χ0v) is 10.2. The number of rotatable bonds is 3. The molecule has 0 unspecified atom stereocenters. The van der Waals surface area contributed by atoms with Crippen molar-refractivity contribution in [3.05, 3.63) is 42.0 Å². The van der Waals surface area contributed by atoms with Gasteiger partial charge in [0.2, 0.25) is 10.0 Å². The second-order valence-electron chi connectivity index (χ2n) is 3.61. The number of nitrogens with zero attached hydrogens (tertiary/aromatic N) is 1. The summed E-state index contributed by atoms with van der Waals surface area (Å²) in [7, 11) is -3.98. The van der Waals surface area contributed by atoms with Crippen molar-refractivity contribution in [1.82, 2.24) is 10.2 Å². The topological polar surface area (TPSA) is 118 Å². The first-order valence-electron chi connectivity index (χ1n) is 5.01. The van der Waals surface area contributed by atoms with Gasteiger partial charge in [0.15, 0.2) is 0 Å². The van der Waals surface area contributed by atoms with Crippen LogP contribution in [0.2, 0.25) is 0 Å². The summed E-state index contributed by atoms with van der Waals surface area (Å²) in [5.41, 5.74) is -0.0121. The van der Waals surface area contributed by atoms with E-state index < -0.39 is 21.7 Å². The van der Waals surface area contributed by atoms with E-state index in [-0.39, 0.29) is 16.3 Å². The number of benzene rings is 1.